The number of carbonyl (C=O) groups excluding carboxylic acids is 2. The van der Waals surface area contributed by atoms with Crippen LogP contribution in [0.2, 0.25) is 0 Å². The Morgan fingerprint density at radius 2 is 1.83 bits per heavy atom. The Labute approximate surface area is 165 Å². The number of fused-ring (bicyclic) bond motifs is 1. The zero-order valence-electron chi connectivity index (χ0n) is 15.2. The Balaban J connectivity index is 1.72. The first-order chi connectivity index (χ1) is 14.0. The first-order valence-electron chi connectivity index (χ1n) is 8.80. The number of amides is 2. The summed E-state index contributed by atoms with van der Waals surface area (Å²) >= 11 is 0. The highest BCUT2D eigenvalue weighted by Crippen LogP contribution is 2.27. The summed E-state index contributed by atoms with van der Waals surface area (Å²) in [5.74, 6) is -1.20. The summed E-state index contributed by atoms with van der Waals surface area (Å²) in [5.41, 5.74) is 6.76. The van der Waals surface area contributed by atoms with Gasteiger partial charge in [0.25, 0.3) is 11.5 Å². The molecule has 0 spiro atoms. The van der Waals surface area contributed by atoms with E-state index in [0.717, 1.165) is 16.3 Å². The molecule has 4 rings (SSSR count). The first kappa shape index (κ1) is 18.1. The summed E-state index contributed by atoms with van der Waals surface area (Å²) < 4.78 is 0. The van der Waals surface area contributed by atoms with Crippen LogP contribution in [-0.2, 0) is 0 Å². The molecule has 0 unspecified atom stereocenters. The molecule has 0 saturated heterocycles. The lowest BCUT2D eigenvalue weighted by atomic mass is 10.0. The van der Waals surface area contributed by atoms with Crippen LogP contribution in [0.5, 0.6) is 0 Å². The average molecular weight is 384 g/mol. The van der Waals surface area contributed by atoms with Gasteiger partial charge in [0.2, 0.25) is 5.91 Å². The van der Waals surface area contributed by atoms with Crippen molar-refractivity contribution in [3.8, 4) is 11.1 Å². The summed E-state index contributed by atoms with van der Waals surface area (Å²) in [5, 5.41) is 4.53. The van der Waals surface area contributed by atoms with Gasteiger partial charge < -0.3 is 16.0 Å². The van der Waals surface area contributed by atoms with Crippen molar-refractivity contribution in [2.24, 2.45) is 5.73 Å². The first-order valence-corrected chi connectivity index (χ1v) is 8.80. The zero-order chi connectivity index (χ0) is 20.4. The maximum Gasteiger partial charge on any atom is 0.261 e. The van der Waals surface area contributed by atoms with E-state index in [9.17, 15) is 14.4 Å². The van der Waals surface area contributed by atoms with E-state index >= 15 is 0 Å². The molecular formula is C22H16N4O3. The highest BCUT2D eigenvalue weighted by molar-refractivity contribution is 6.06. The lowest BCUT2D eigenvalue weighted by molar-refractivity contribution is 0.0996. The van der Waals surface area contributed by atoms with Gasteiger partial charge in [-0.3, -0.25) is 19.4 Å². The van der Waals surface area contributed by atoms with Gasteiger partial charge in [-0.2, -0.15) is 0 Å². The van der Waals surface area contributed by atoms with Crippen molar-refractivity contribution >= 4 is 28.3 Å². The molecule has 142 valence electrons. The second kappa shape index (κ2) is 7.40. The van der Waals surface area contributed by atoms with E-state index in [0.29, 0.717) is 11.3 Å². The summed E-state index contributed by atoms with van der Waals surface area (Å²) in [6.07, 6.45) is 4.99. The molecule has 2 amide bonds. The van der Waals surface area contributed by atoms with Crippen LogP contribution in [0.25, 0.3) is 21.9 Å². The second-order valence-corrected chi connectivity index (χ2v) is 6.44. The van der Waals surface area contributed by atoms with Crippen LogP contribution in [0.4, 0.5) is 5.69 Å². The number of aromatic nitrogens is 2. The number of nitrogens with one attached hydrogen (secondary N) is 2. The fraction of sp³-hybridized carbons (Fsp3) is 0. The molecule has 4 N–H and O–H groups in total. The van der Waals surface area contributed by atoms with Gasteiger partial charge in [-0.1, -0.05) is 30.3 Å². The molecule has 0 aliphatic heterocycles. The highest BCUT2D eigenvalue weighted by atomic mass is 16.2. The monoisotopic (exact) mass is 384 g/mol. The number of primary amides is 1. The predicted octanol–water partition coefficient (Wildman–Crippen LogP) is 2.94. The molecule has 7 heteroatoms. The molecule has 0 radical (unpaired) electrons. The van der Waals surface area contributed by atoms with Crippen molar-refractivity contribution in [3.63, 3.8) is 0 Å². The minimum absolute atomic E-state index is 0.0556. The number of nitrogens with two attached hydrogens (primary N) is 1. The molecule has 29 heavy (non-hydrogen) atoms. The molecule has 2 heterocycles. The largest absolute Gasteiger partial charge is 0.366 e. The lowest BCUT2D eigenvalue weighted by Gasteiger charge is -2.09. The third kappa shape index (κ3) is 3.61. The van der Waals surface area contributed by atoms with Crippen LogP contribution in [-0.4, -0.2) is 21.8 Å². The quantitative estimate of drug-likeness (QED) is 0.501. The van der Waals surface area contributed by atoms with Gasteiger partial charge in [0.05, 0.1) is 0 Å². The fourth-order valence-corrected chi connectivity index (χ4v) is 3.10. The lowest BCUT2D eigenvalue weighted by Crippen LogP contribution is -2.23. The van der Waals surface area contributed by atoms with E-state index in [4.69, 9.17) is 5.73 Å². The molecule has 0 saturated carbocycles. The van der Waals surface area contributed by atoms with Crippen molar-refractivity contribution < 1.29 is 9.59 Å². The molecule has 0 aliphatic rings. The summed E-state index contributed by atoms with van der Waals surface area (Å²) in [7, 11) is 0. The zero-order valence-corrected chi connectivity index (χ0v) is 15.2. The molecular weight excluding hydrogens is 368 g/mol. The number of benzene rings is 2. The summed E-state index contributed by atoms with van der Waals surface area (Å²) in [6, 6.07) is 15.4. The van der Waals surface area contributed by atoms with E-state index in [1.54, 1.807) is 36.8 Å². The number of H-pyrrole nitrogens is 1. The van der Waals surface area contributed by atoms with Gasteiger partial charge >= 0.3 is 0 Å². The molecule has 2 aromatic heterocycles. The smallest absolute Gasteiger partial charge is 0.261 e. The molecule has 0 bridgehead atoms. The number of hydrogen-bond acceptors (Lipinski definition) is 4. The second-order valence-electron chi connectivity index (χ2n) is 6.44. The van der Waals surface area contributed by atoms with E-state index < -0.39 is 17.4 Å². The number of anilines is 1. The Morgan fingerprint density at radius 3 is 2.66 bits per heavy atom. The minimum atomic E-state index is -0.607. The Hall–Kier alpha value is -4.26. The van der Waals surface area contributed by atoms with Crippen LogP contribution in [0.15, 0.2) is 78.0 Å². The number of rotatable bonds is 4. The third-order valence-electron chi connectivity index (χ3n) is 4.53. The van der Waals surface area contributed by atoms with Crippen molar-refractivity contribution in [1.82, 2.24) is 9.97 Å². The molecule has 2 aromatic carbocycles. The maximum atomic E-state index is 12.7. The summed E-state index contributed by atoms with van der Waals surface area (Å²) in [4.78, 5) is 43.1. The number of aromatic amines is 1. The van der Waals surface area contributed by atoms with E-state index in [1.165, 1.54) is 12.1 Å². The van der Waals surface area contributed by atoms with Gasteiger partial charge in [-0.25, -0.2) is 0 Å². The Bertz CT molecular complexity index is 1310. The van der Waals surface area contributed by atoms with Crippen molar-refractivity contribution in [2.45, 2.75) is 0 Å². The number of carbonyl (C=O) groups is 2. The van der Waals surface area contributed by atoms with Crippen molar-refractivity contribution in [3.05, 3.63) is 94.7 Å². The van der Waals surface area contributed by atoms with Gasteiger partial charge in [-0.05, 0) is 29.7 Å². The summed E-state index contributed by atoms with van der Waals surface area (Å²) in [6.45, 7) is 0. The number of hydrogen-bond donors (Lipinski definition) is 3. The van der Waals surface area contributed by atoms with Gasteiger partial charge in [0.15, 0.2) is 0 Å². The molecule has 4 aromatic rings. The van der Waals surface area contributed by atoms with E-state index in [1.807, 2.05) is 24.3 Å². The van der Waals surface area contributed by atoms with Crippen LogP contribution < -0.4 is 16.6 Å². The highest BCUT2D eigenvalue weighted by Gasteiger charge is 2.14. The standard InChI is InChI=1S/C22H16N4O3/c23-20(27)13-5-3-6-16(8-13)26-22(29)18-9-15(11-25-21(18)28)19-12-24-10-14-4-1-2-7-17(14)19/h1-12H,(H2,23,27)(H,25,28)(H,26,29). The average Bonchev–Trinajstić information content (AvgIpc) is 2.74. The predicted molar refractivity (Wildman–Crippen MR) is 111 cm³/mol. The maximum absolute atomic E-state index is 12.7. The number of nitrogens with zero attached hydrogens (tertiary/aromatic N) is 1. The topological polar surface area (TPSA) is 118 Å². The van der Waals surface area contributed by atoms with Gasteiger partial charge in [-0.15, -0.1) is 0 Å². The fourth-order valence-electron chi connectivity index (χ4n) is 3.10. The van der Waals surface area contributed by atoms with E-state index in [2.05, 4.69) is 15.3 Å². The molecule has 0 fully saturated rings. The van der Waals surface area contributed by atoms with Crippen LogP contribution in [0.1, 0.15) is 20.7 Å². The van der Waals surface area contributed by atoms with E-state index in [-0.39, 0.29) is 11.1 Å². The Morgan fingerprint density at radius 1 is 1.00 bits per heavy atom. The molecule has 7 nitrogen and oxygen atoms in total. The molecule has 0 aliphatic carbocycles. The van der Waals surface area contributed by atoms with Crippen LogP contribution in [0, 0.1) is 0 Å². The molecule has 0 atom stereocenters. The minimum Gasteiger partial charge on any atom is -0.366 e. The van der Waals surface area contributed by atoms with Crippen molar-refractivity contribution in [2.75, 3.05) is 5.32 Å². The normalized spacial score (nSPS) is 10.6. The van der Waals surface area contributed by atoms with Crippen LogP contribution >= 0.6 is 0 Å². The third-order valence-corrected chi connectivity index (χ3v) is 4.53. The van der Waals surface area contributed by atoms with Gasteiger partial charge in [0.1, 0.15) is 5.56 Å². The Kier molecular flexibility index (Phi) is 4.62. The van der Waals surface area contributed by atoms with Crippen LogP contribution in [0.3, 0.4) is 0 Å². The number of pyridine rings is 2. The van der Waals surface area contributed by atoms with Gasteiger partial charge in [0, 0.05) is 46.4 Å². The van der Waals surface area contributed by atoms with Crippen molar-refractivity contribution in [1.29, 1.82) is 0 Å². The SMILES string of the molecule is NC(=O)c1cccc(NC(=O)c2cc(-c3cncc4ccccc34)c[nH]c2=O)c1.